The highest BCUT2D eigenvalue weighted by Crippen LogP contribution is 2.18. The van der Waals surface area contributed by atoms with Crippen LogP contribution in [-0.4, -0.2) is 27.8 Å². The molecule has 26 heavy (non-hydrogen) atoms. The molecule has 0 radical (unpaired) electrons. The predicted molar refractivity (Wildman–Crippen MR) is 102 cm³/mol. The Labute approximate surface area is 156 Å². The highest BCUT2D eigenvalue weighted by molar-refractivity contribution is 7.71. The van der Waals surface area contributed by atoms with Crippen LogP contribution >= 0.6 is 12.2 Å². The summed E-state index contributed by atoms with van der Waals surface area (Å²) in [5.41, 5.74) is 3.03. The van der Waals surface area contributed by atoms with Crippen molar-refractivity contribution < 1.29 is 9.53 Å². The van der Waals surface area contributed by atoms with E-state index in [0.717, 1.165) is 22.4 Å². The van der Waals surface area contributed by atoms with Gasteiger partial charge in [-0.15, -0.1) is 0 Å². The minimum absolute atomic E-state index is 0.106. The molecule has 0 saturated heterocycles. The number of benzene rings is 2. The second-order valence-electron chi connectivity index (χ2n) is 5.93. The van der Waals surface area contributed by atoms with Crippen molar-refractivity contribution in [1.82, 2.24) is 20.1 Å². The first-order valence-corrected chi connectivity index (χ1v) is 8.59. The Bertz CT molecular complexity index is 960. The lowest BCUT2D eigenvalue weighted by atomic mass is 10.1. The fraction of sp³-hybridized carbons (Fsp3) is 0.211. The minimum Gasteiger partial charge on any atom is -0.497 e. The van der Waals surface area contributed by atoms with Crippen molar-refractivity contribution in [1.29, 1.82) is 0 Å². The van der Waals surface area contributed by atoms with Crippen LogP contribution in [0.15, 0.2) is 48.5 Å². The van der Waals surface area contributed by atoms with Gasteiger partial charge in [-0.05, 0) is 42.9 Å². The molecule has 0 atom stereocenters. The van der Waals surface area contributed by atoms with Gasteiger partial charge in [-0.3, -0.25) is 14.5 Å². The molecule has 1 aromatic heterocycles. The van der Waals surface area contributed by atoms with Gasteiger partial charge < -0.3 is 10.1 Å². The molecule has 0 aliphatic carbocycles. The first kappa shape index (κ1) is 17.9. The molecule has 0 spiro atoms. The zero-order valence-electron chi connectivity index (χ0n) is 14.7. The maximum absolute atomic E-state index is 12.4. The third-order valence-electron chi connectivity index (χ3n) is 3.98. The molecular weight excluding hydrogens is 348 g/mol. The number of ether oxygens (including phenoxy) is 1. The van der Waals surface area contributed by atoms with Crippen LogP contribution in [0.25, 0.3) is 11.4 Å². The second kappa shape index (κ2) is 7.97. The number of carbonyl (C=O) groups is 1. The molecule has 0 aliphatic heterocycles. The van der Waals surface area contributed by atoms with E-state index in [4.69, 9.17) is 17.0 Å². The standard InChI is InChI=1S/C19H20N4O2S/c1-13-4-3-5-15(10-13)18-21-22-19(26)23(18)12-17(24)20-11-14-6-8-16(25-2)9-7-14/h3-10H,11-12H2,1-2H3,(H,20,24)(H,22,26). The zero-order valence-corrected chi connectivity index (χ0v) is 15.5. The number of nitrogens with one attached hydrogen (secondary N) is 2. The van der Waals surface area contributed by atoms with Crippen LogP contribution in [0.1, 0.15) is 11.1 Å². The monoisotopic (exact) mass is 368 g/mol. The number of aryl methyl sites for hydroxylation is 1. The third kappa shape index (κ3) is 4.18. The topological polar surface area (TPSA) is 71.9 Å². The number of aromatic amines is 1. The third-order valence-corrected chi connectivity index (χ3v) is 4.30. The van der Waals surface area contributed by atoms with E-state index in [1.807, 2.05) is 55.5 Å². The van der Waals surface area contributed by atoms with Crippen LogP contribution in [0, 0.1) is 11.7 Å². The normalized spacial score (nSPS) is 10.5. The molecular formula is C19H20N4O2S. The number of carbonyl (C=O) groups excluding carboxylic acids is 1. The van der Waals surface area contributed by atoms with Crippen LogP contribution in [0.4, 0.5) is 0 Å². The molecule has 2 aromatic carbocycles. The van der Waals surface area contributed by atoms with Crippen molar-refractivity contribution in [3.05, 3.63) is 64.4 Å². The molecule has 1 heterocycles. The first-order chi connectivity index (χ1) is 12.6. The molecule has 134 valence electrons. The number of H-pyrrole nitrogens is 1. The summed E-state index contributed by atoms with van der Waals surface area (Å²) < 4.78 is 7.25. The molecule has 0 saturated carbocycles. The fourth-order valence-electron chi connectivity index (χ4n) is 2.61. The molecule has 1 amide bonds. The largest absolute Gasteiger partial charge is 0.497 e. The number of methoxy groups -OCH3 is 1. The molecule has 6 nitrogen and oxygen atoms in total. The summed E-state index contributed by atoms with van der Waals surface area (Å²) >= 11 is 5.28. The van der Waals surface area contributed by atoms with Gasteiger partial charge >= 0.3 is 0 Å². The average Bonchev–Trinajstić information content (AvgIpc) is 3.01. The molecule has 3 rings (SSSR count). The van der Waals surface area contributed by atoms with E-state index in [1.54, 1.807) is 11.7 Å². The number of hydrogen-bond donors (Lipinski definition) is 2. The van der Waals surface area contributed by atoms with Crippen LogP contribution in [-0.2, 0) is 17.9 Å². The lowest BCUT2D eigenvalue weighted by Crippen LogP contribution is -2.27. The summed E-state index contributed by atoms with van der Waals surface area (Å²) in [4.78, 5) is 12.4. The quantitative estimate of drug-likeness (QED) is 0.655. The first-order valence-electron chi connectivity index (χ1n) is 8.18. The molecule has 0 fully saturated rings. The number of amides is 1. The van der Waals surface area contributed by atoms with Crippen molar-refractivity contribution in [2.45, 2.75) is 20.0 Å². The molecule has 3 aromatic rings. The van der Waals surface area contributed by atoms with E-state index >= 15 is 0 Å². The van der Waals surface area contributed by atoms with E-state index in [1.165, 1.54) is 0 Å². The van der Waals surface area contributed by atoms with Crippen LogP contribution in [0.5, 0.6) is 5.75 Å². The van der Waals surface area contributed by atoms with Gasteiger partial charge in [0.25, 0.3) is 0 Å². The molecule has 0 bridgehead atoms. The van der Waals surface area contributed by atoms with Crippen molar-refractivity contribution >= 4 is 18.1 Å². The molecule has 2 N–H and O–H groups in total. The SMILES string of the molecule is COc1ccc(CNC(=O)Cn2c(-c3cccc(C)c3)n[nH]c2=S)cc1. The fourth-order valence-corrected chi connectivity index (χ4v) is 2.81. The van der Waals surface area contributed by atoms with Crippen molar-refractivity contribution in [2.24, 2.45) is 0 Å². The summed E-state index contributed by atoms with van der Waals surface area (Å²) in [5, 5.41) is 9.94. The Balaban J connectivity index is 1.69. The Morgan fingerprint density at radius 1 is 1.27 bits per heavy atom. The van der Waals surface area contributed by atoms with Crippen molar-refractivity contribution in [3.63, 3.8) is 0 Å². The van der Waals surface area contributed by atoms with Gasteiger partial charge in [0.2, 0.25) is 5.91 Å². The Hall–Kier alpha value is -2.93. The van der Waals surface area contributed by atoms with Gasteiger partial charge in [0, 0.05) is 12.1 Å². The summed E-state index contributed by atoms with van der Waals surface area (Å²) in [5.74, 6) is 1.30. The van der Waals surface area contributed by atoms with E-state index in [2.05, 4.69) is 15.5 Å². The number of nitrogens with zero attached hydrogens (tertiary/aromatic N) is 2. The molecule has 0 aliphatic rings. The van der Waals surface area contributed by atoms with E-state index in [-0.39, 0.29) is 12.5 Å². The van der Waals surface area contributed by atoms with E-state index in [9.17, 15) is 4.79 Å². The Kier molecular flexibility index (Phi) is 5.48. The van der Waals surface area contributed by atoms with Gasteiger partial charge in [0.1, 0.15) is 12.3 Å². The maximum Gasteiger partial charge on any atom is 0.240 e. The van der Waals surface area contributed by atoms with Gasteiger partial charge in [0.15, 0.2) is 10.6 Å². The highest BCUT2D eigenvalue weighted by Gasteiger charge is 2.12. The second-order valence-corrected chi connectivity index (χ2v) is 6.32. The van der Waals surface area contributed by atoms with Crippen molar-refractivity contribution in [3.8, 4) is 17.1 Å². The maximum atomic E-state index is 12.4. The lowest BCUT2D eigenvalue weighted by molar-refractivity contribution is -0.121. The Morgan fingerprint density at radius 3 is 2.73 bits per heavy atom. The summed E-state index contributed by atoms with van der Waals surface area (Å²) in [6.45, 7) is 2.55. The van der Waals surface area contributed by atoms with Crippen LogP contribution in [0.2, 0.25) is 0 Å². The predicted octanol–water partition coefficient (Wildman–Crippen LogP) is 3.24. The number of rotatable bonds is 6. The lowest BCUT2D eigenvalue weighted by Gasteiger charge is -2.09. The minimum atomic E-state index is -0.132. The van der Waals surface area contributed by atoms with Gasteiger partial charge in [-0.2, -0.15) is 5.10 Å². The zero-order chi connectivity index (χ0) is 18.5. The Morgan fingerprint density at radius 2 is 2.04 bits per heavy atom. The number of aromatic nitrogens is 3. The molecule has 7 heteroatoms. The van der Waals surface area contributed by atoms with Gasteiger partial charge in [0.05, 0.1) is 7.11 Å². The highest BCUT2D eigenvalue weighted by atomic mass is 32.1. The van der Waals surface area contributed by atoms with Gasteiger partial charge in [-0.25, -0.2) is 0 Å². The van der Waals surface area contributed by atoms with Crippen molar-refractivity contribution in [2.75, 3.05) is 7.11 Å². The number of hydrogen-bond acceptors (Lipinski definition) is 4. The summed E-state index contributed by atoms with van der Waals surface area (Å²) in [7, 11) is 1.62. The average molecular weight is 368 g/mol. The van der Waals surface area contributed by atoms with Gasteiger partial charge in [-0.1, -0.05) is 35.9 Å². The van der Waals surface area contributed by atoms with E-state index in [0.29, 0.717) is 17.1 Å². The smallest absolute Gasteiger partial charge is 0.240 e. The summed E-state index contributed by atoms with van der Waals surface area (Å²) in [6.07, 6.45) is 0. The van der Waals surface area contributed by atoms with Crippen LogP contribution in [0.3, 0.4) is 0 Å². The van der Waals surface area contributed by atoms with Crippen LogP contribution < -0.4 is 10.1 Å². The summed E-state index contributed by atoms with van der Waals surface area (Å²) in [6, 6.07) is 15.5. The molecule has 0 unspecified atom stereocenters. The van der Waals surface area contributed by atoms with E-state index < -0.39 is 0 Å².